The van der Waals surface area contributed by atoms with Gasteiger partial charge in [0, 0.05) is 5.39 Å². The smallest absolute Gasteiger partial charge is 0.316 e. The summed E-state index contributed by atoms with van der Waals surface area (Å²) in [5.41, 5.74) is 1.08. The van der Waals surface area contributed by atoms with E-state index in [4.69, 9.17) is 4.74 Å². The van der Waals surface area contributed by atoms with Crippen LogP contribution in [0.1, 0.15) is 17.4 Å². The van der Waals surface area contributed by atoms with Crippen LogP contribution in [-0.4, -0.2) is 44.6 Å². The van der Waals surface area contributed by atoms with Gasteiger partial charge in [-0.05, 0) is 13.0 Å². The van der Waals surface area contributed by atoms with Crippen LogP contribution in [0.5, 0.6) is 0 Å². The molecule has 0 saturated heterocycles. The number of ether oxygens (including phenoxy) is 1. The first kappa shape index (κ1) is 16.4. The minimum atomic E-state index is -0.370. The summed E-state index contributed by atoms with van der Waals surface area (Å²) < 4.78 is 5.41. The molecule has 0 spiro atoms. The zero-order valence-electron chi connectivity index (χ0n) is 12.6. The molecule has 24 heavy (non-hydrogen) atoms. The number of hydrogen-bond acceptors (Lipinski definition) is 8. The molecular formula is C14H13N5O3S2. The van der Waals surface area contributed by atoms with E-state index in [-0.39, 0.29) is 17.6 Å². The maximum atomic E-state index is 12.3. The number of carbonyl (C=O) groups excluding carboxylic acids is 2. The molecule has 0 aliphatic heterocycles. The molecule has 124 valence electrons. The molecule has 2 aromatic heterocycles. The summed E-state index contributed by atoms with van der Waals surface area (Å²) in [6.45, 7) is 2.09. The van der Waals surface area contributed by atoms with Crippen molar-refractivity contribution in [1.29, 1.82) is 0 Å². The predicted molar refractivity (Wildman–Crippen MR) is 91.3 cm³/mol. The number of esters is 1. The highest BCUT2D eigenvalue weighted by molar-refractivity contribution is 8.01. The maximum absolute atomic E-state index is 12.3. The van der Waals surface area contributed by atoms with Crippen LogP contribution in [0.2, 0.25) is 0 Å². The van der Waals surface area contributed by atoms with E-state index in [1.807, 2.05) is 24.3 Å². The number of benzene rings is 1. The molecule has 2 N–H and O–H groups in total. The molecule has 8 nitrogen and oxygen atoms in total. The lowest BCUT2D eigenvalue weighted by Crippen LogP contribution is -2.12. The molecule has 3 aromatic rings. The van der Waals surface area contributed by atoms with Gasteiger partial charge in [0.1, 0.15) is 0 Å². The summed E-state index contributed by atoms with van der Waals surface area (Å²) >= 11 is 2.40. The van der Waals surface area contributed by atoms with Gasteiger partial charge in [0.25, 0.3) is 5.91 Å². The number of thioether (sulfide) groups is 1. The molecule has 0 bridgehead atoms. The normalized spacial score (nSPS) is 10.7. The Balaban J connectivity index is 1.64. The average Bonchev–Trinajstić information content (AvgIpc) is 3.19. The number of amides is 1. The van der Waals surface area contributed by atoms with E-state index in [1.54, 1.807) is 6.92 Å². The molecule has 0 aliphatic carbocycles. The summed E-state index contributed by atoms with van der Waals surface area (Å²) in [6.07, 6.45) is 0. The number of nitrogens with zero attached hydrogens (tertiary/aromatic N) is 3. The van der Waals surface area contributed by atoms with Gasteiger partial charge in [-0.25, -0.2) is 0 Å². The van der Waals surface area contributed by atoms with Gasteiger partial charge in [-0.1, -0.05) is 41.3 Å². The van der Waals surface area contributed by atoms with Crippen molar-refractivity contribution in [2.45, 2.75) is 11.3 Å². The molecule has 0 fully saturated rings. The lowest BCUT2D eigenvalue weighted by Gasteiger charge is -1.98. The zero-order valence-corrected chi connectivity index (χ0v) is 14.2. The minimum Gasteiger partial charge on any atom is -0.465 e. The van der Waals surface area contributed by atoms with E-state index in [0.717, 1.165) is 10.9 Å². The third kappa shape index (κ3) is 3.71. The average molecular weight is 363 g/mol. The van der Waals surface area contributed by atoms with Crippen LogP contribution >= 0.6 is 23.1 Å². The molecule has 0 atom stereocenters. The fraction of sp³-hybridized carbons (Fsp3) is 0.214. The van der Waals surface area contributed by atoms with Crippen molar-refractivity contribution in [2.75, 3.05) is 17.7 Å². The van der Waals surface area contributed by atoms with E-state index in [2.05, 4.69) is 25.7 Å². The number of aromatic amines is 1. The largest absolute Gasteiger partial charge is 0.465 e. The van der Waals surface area contributed by atoms with Gasteiger partial charge in [0.2, 0.25) is 5.13 Å². The maximum Gasteiger partial charge on any atom is 0.316 e. The molecule has 0 radical (unpaired) electrons. The van der Waals surface area contributed by atoms with Gasteiger partial charge in [0.15, 0.2) is 10.0 Å². The number of carbonyl (C=O) groups is 2. The van der Waals surface area contributed by atoms with Crippen LogP contribution in [0.15, 0.2) is 28.6 Å². The zero-order chi connectivity index (χ0) is 16.9. The van der Waals surface area contributed by atoms with Crippen molar-refractivity contribution in [3.8, 4) is 0 Å². The van der Waals surface area contributed by atoms with E-state index in [1.165, 1.54) is 23.1 Å². The third-order valence-corrected chi connectivity index (χ3v) is 4.88. The van der Waals surface area contributed by atoms with Gasteiger partial charge in [-0.2, -0.15) is 5.10 Å². The molecule has 10 heteroatoms. The molecule has 3 rings (SSSR count). The summed E-state index contributed by atoms with van der Waals surface area (Å²) in [6, 6.07) is 7.35. The van der Waals surface area contributed by atoms with E-state index in [0.29, 0.717) is 21.8 Å². The Hall–Kier alpha value is -2.46. The van der Waals surface area contributed by atoms with E-state index < -0.39 is 0 Å². The van der Waals surface area contributed by atoms with E-state index >= 15 is 0 Å². The molecule has 0 aliphatic rings. The Labute approximate surface area is 145 Å². The quantitative estimate of drug-likeness (QED) is 0.393. The highest BCUT2D eigenvalue weighted by atomic mass is 32.2. The molecule has 0 saturated carbocycles. The van der Waals surface area contributed by atoms with Crippen molar-refractivity contribution in [3.05, 3.63) is 30.0 Å². The number of nitrogens with one attached hydrogen (secondary N) is 2. The fourth-order valence-electron chi connectivity index (χ4n) is 1.93. The monoisotopic (exact) mass is 363 g/mol. The van der Waals surface area contributed by atoms with Crippen LogP contribution in [0.4, 0.5) is 5.13 Å². The van der Waals surface area contributed by atoms with Crippen molar-refractivity contribution < 1.29 is 14.3 Å². The number of anilines is 1. The lowest BCUT2D eigenvalue weighted by atomic mass is 10.2. The van der Waals surface area contributed by atoms with Crippen molar-refractivity contribution in [3.63, 3.8) is 0 Å². The van der Waals surface area contributed by atoms with Crippen LogP contribution in [-0.2, 0) is 9.53 Å². The summed E-state index contributed by atoms with van der Waals surface area (Å²) in [5.74, 6) is -0.530. The first-order chi connectivity index (χ1) is 11.7. The fourth-order valence-corrected chi connectivity index (χ4v) is 3.48. The van der Waals surface area contributed by atoms with Gasteiger partial charge in [-0.3, -0.25) is 20.0 Å². The summed E-state index contributed by atoms with van der Waals surface area (Å²) in [7, 11) is 0. The number of para-hydroxylation sites is 1. The highest BCUT2D eigenvalue weighted by Crippen LogP contribution is 2.26. The number of H-pyrrole nitrogens is 1. The predicted octanol–water partition coefficient (Wildman–Crippen LogP) is 2.32. The topological polar surface area (TPSA) is 110 Å². The molecule has 0 unspecified atom stereocenters. The second-order valence-electron chi connectivity index (χ2n) is 4.54. The Morgan fingerprint density at radius 3 is 3.00 bits per heavy atom. The van der Waals surface area contributed by atoms with Crippen LogP contribution in [0.3, 0.4) is 0 Å². The van der Waals surface area contributed by atoms with E-state index in [9.17, 15) is 9.59 Å². The Morgan fingerprint density at radius 1 is 1.33 bits per heavy atom. The first-order valence-corrected chi connectivity index (χ1v) is 8.84. The SMILES string of the molecule is CCOC(=O)CSc1nnc(NC(=O)c2n[nH]c3ccccc23)s1. The Kier molecular flexibility index (Phi) is 5.06. The molecule has 1 amide bonds. The first-order valence-electron chi connectivity index (χ1n) is 7.03. The van der Waals surface area contributed by atoms with Crippen molar-refractivity contribution >= 4 is 51.0 Å². The number of fused-ring (bicyclic) bond motifs is 1. The van der Waals surface area contributed by atoms with Crippen LogP contribution in [0, 0.1) is 0 Å². The lowest BCUT2D eigenvalue weighted by molar-refractivity contribution is -0.139. The Morgan fingerprint density at radius 2 is 2.17 bits per heavy atom. The third-order valence-electron chi connectivity index (χ3n) is 2.93. The summed E-state index contributed by atoms with van der Waals surface area (Å²) in [4.78, 5) is 23.6. The van der Waals surface area contributed by atoms with Gasteiger partial charge in [-0.15, -0.1) is 10.2 Å². The highest BCUT2D eigenvalue weighted by Gasteiger charge is 2.16. The number of hydrogen-bond donors (Lipinski definition) is 2. The van der Waals surface area contributed by atoms with Crippen LogP contribution < -0.4 is 5.32 Å². The molecule has 2 heterocycles. The minimum absolute atomic E-state index is 0.153. The molecule has 1 aromatic carbocycles. The number of rotatable bonds is 6. The standard InChI is InChI=1S/C14H13N5O3S2/c1-2-22-10(20)7-23-14-19-18-13(24-14)15-12(21)11-8-5-3-4-6-9(8)16-17-11/h3-6H,2,7H2,1H3,(H,16,17)(H,15,18,21). The molecular weight excluding hydrogens is 350 g/mol. The number of aromatic nitrogens is 4. The van der Waals surface area contributed by atoms with Crippen molar-refractivity contribution in [1.82, 2.24) is 20.4 Å². The second-order valence-corrected chi connectivity index (χ2v) is 6.74. The Bertz CT molecular complexity index is 876. The van der Waals surface area contributed by atoms with Gasteiger partial charge < -0.3 is 4.74 Å². The summed E-state index contributed by atoms with van der Waals surface area (Å²) in [5, 5.41) is 18.4. The van der Waals surface area contributed by atoms with Crippen LogP contribution in [0.25, 0.3) is 10.9 Å². The van der Waals surface area contributed by atoms with Gasteiger partial charge in [0.05, 0.1) is 17.9 Å². The van der Waals surface area contributed by atoms with Crippen molar-refractivity contribution in [2.24, 2.45) is 0 Å². The van der Waals surface area contributed by atoms with Gasteiger partial charge >= 0.3 is 5.97 Å². The second kappa shape index (κ2) is 7.41.